The van der Waals surface area contributed by atoms with Gasteiger partial charge >= 0.3 is 5.97 Å². The van der Waals surface area contributed by atoms with Crippen LogP contribution in [0.15, 0.2) is 84.9 Å². The third kappa shape index (κ3) is 4.98. The van der Waals surface area contributed by atoms with E-state index >= 15 is 0 Å². The van der Waals surface area contributed by atoms with Gasteiger partial charge in [-0.2, -0.15) is 0 Å². The Hall–Kier alpha value is -6.02. The number of benzene rings is 2. The molecule has 2 aromatic carbocycles. The Kier molecular flexibility index (Phi) is 6.51. The molecule has 8 nitrogen and oxygen atoms in total. The molecule has 0 radical (unpaired) electrons. The largest absolute Gasteiger partial charge is 0.478 e. The van der Waals surface area contributed by atoms with Crippen molar-refractivity contribution in [1.29, 1.82) is 0 Å². The third-order valence-electron chi connectivity index (χ3n) is 7.65. The highest BCUT2D eigenvalue weighted by molar-refractivity contribution is 5.96. The molecule has 0 saturated carbocycles. The number of hydrogen-bond donors (Lipinski definition) is 3. The highest BCUT2D eigenvalue weighted by Crippen LogP contribution is 2.32. The van der Waals surface area contributed by atoms with Crippen LogP contribution in [0.5, 0.6) is 0 Å². The van der Waals surface area contributed by atoms with Crippen LogP contribution in [-0.2, 0) is 0 Å². The molecule has 44 heavy (non-hydrogen) atoms. The Morgan fingerprint density at radius 1 is 0.614 bits per heavy atom. The Balaban J connectivity index is 1.46. The second-order valence-electron chi connectivity index (χ2n) is 10.9. The van der Waals surface area contributed by atoms with Crippen molar-refractivity contribution in [3.8, 4) is 22.3 Å². The fourth-order valence-electron chi connectivity index (χ4n) is 5.50. The highest BCUT2D eigenvalue weighted by Gasteiger charge is 2.15. The molecule has 3 N–H and O–H groups in total. The van der Waals surface area contributed by atoms with Crippen molar-refractivity contribution in [2.45, 2.75) is 0 Å². The SMILES string of the molecule is CN(C)C(=O)c1ccc(-c2c3nc(cc4ccc([nH]4)c(-c4ccc(C(=O)O)cc4)c4nc(cc5ccc2[nH]5)C=C4)C=C3)cc1. The van der Waals surface area contributed by atoms with Gasteiger partial charge in [0.05, 0.1) is 28.3 Å². The molecule has 5 aromatic rings. The minimum Gasteiger partial charge on any atom is -0.478 e. The molecule has 214 valence electrons. The minimum absolute atomic E-state index is 0.0517. The van der Waals surface area contributed by atoms with Crippen LogP contribution in [0.1, 0.15) is 43.5 Å². The fraction of sp³-hybridized carbons (Fsp3) is 0.0556. The van der Waals surface area contributed by atoms with E-state index in [0.29, 0.717) is 5.56 Å². The lowest BCUT2D eigenvalue weighted by Crippen LogP contribution is -2.21. The molecule has 0 atom stereocenters. The fourth-order valence-corrected chi connectivity index (χ4v) is 5.50. The zero-order chi connectivity index (χ0) is 30.4. The molecule has 2 aliphatic rings. The molecule has 0 saturated heterocycles. The van der Waals surface area contributed by atoms with E-state index in [1.807, 2.05) is 97.1 Å². The van der Waals surface area contributed by atoms with Crippen LogP contribution < -0.4 is 0 Å². The number of aromatic nitrogens is 4. The summed E-state index contributed by atoms with van der Waals surface area (Å²) in [6, 6.07) is 26.4. The second-order valence-corrected chi connectivity index (χ2v) is 10.9. The van der Waals surface area contributed by atoms with Crippen LogP contribution in [0.4, 0.5) is 0 Å². The first-order chi connectivity index (χ1) is 21.3. The standard InChI is InChI=1S/C36H27N5O3/c1-41(2)35(42)23-7-3-21(4-8-23)33-29-15-11-25(37-29)19-27-13-17-31(39-27)34(22-5-9-24(10-6-22)36(43)44)32-18-14-28(40-32)20-26-12-16-30(33)38-26/h3-20,37,40H,1-2H3,(H,43,44). The summed E-state index contributed by atoms with van der Waals surface area (Å²) in [5.74, 6) is -1.02. The Morgan fingerprint density at radius 2 is 1.07 bits per heavy atom. The molecule has 8 heteroatoms. The molecule has 2 aliphatic heterocycles. The van der Waals surface area contributed by atoms with Gasteiger partial charge in [-0.15, -0.1) is 0 Å². The third-order valence-corrected chi connectivity index (χ3v) is 7.65. The van der Waals surface area contributed by atoms with E-state index in [-0.39, 0.29) is 11.5 Å². The molecule has 0 unspecified atom stereocenters. The number of carboxylic acids is 1. The van der Waals surface area contributed by atoms with Gasteiger partial charge in [-0.25, -0.2) is 14.8 Å². The van der Waals surface area contributed by atoms with E-state index in [4.69, 9.17) is 9.97 Å². The first-order valence-corrected chi connectivity index (χ1v) is 14.1. The van der Waals surface area contributed by atoms with E-state index in [1.54, 1.807) is 31.1 Å². The lowest BCUT2D eigenvalue weighted by Gasteiger charge is -2.11. The lowest BCUT2D eigenvalue weighted by molar-refractivity contribution is 0.0696. The number of aromatic amines is 2. The van der Waals surface area contributed by atoms with E-state index in [1.165, 1.54) is 0 Å². The number of nitrogens with one attached hydrogen (secondary N) is 2. The van der Waals surface area contributed by atoms with Crippen molar-refractivity contribution in [1.82, 2.24) is 24.8 Å². The quantitative estimate of drug-likeness (QED) is 0.202. The second kappa shape index (κ2) is 10.7. The van der Waals surface area contributed by atoms with Crippen molar-refractivity contribution < 1.29 is 14.7 Å². The van der Waals surface area contributed by atoms with Crippen LogP contribution in [0, 0.1) is 0 Å². The van der Waals surface area contributed by atoms with E-state index in [2.05, 4.69) is 9.97 Å². The predicted octanol–water partition coefficient (Wildman–Crippen LogP) is 7.39. The van der Waals surface area contributed by atoms with Gasteiger partial charge in [0.15, 0.2) is 0 Å². The Morgan fingerprint density at radius 3 is 1.50 bits per heavy atom. The summed E-state index contributed by atoms with van der Waals surface area (Å²) >= 11 is 0. The number of fused-ring (bicyclic) bond motifs is 8. The maximum Gasteiger partial charge on any atom is 0.335 e. The molecule has 0 spiro atoms. The van der Waals surface area contributed by atoms with E-state index in [0.717, 1.165) is 67.1 Å². The molecule has 0 fully saturated rings. The number of H-pyrrole nitrogens is 2. The number of aromatic carboxylic acids is 1. The zero-order valence-electron chi connectivity index (χ0n) is 24.0. The number of nitrogens with zero attached hydrogens (tertiary/aromatic N) is 3. The van der Waals surface area contributed by atoms with Gasteiger partial charge in [-0.3, -0.25) is 4.79 Å². The normalized spacial score (nSPS) is 12.0. The van der Waals surface area contributed by atoms with Gasteiger partial charge in [0.1, 0.15) is 0 Å². The molecule has 0 aliphatic carbocycles. The number of rotatable bonds is 4. The van der Waals surface area contributed by atoms with Crippen LogP contribution in [0.25, 0.3) is 68.6 Å². The van der Waals surface area contributed by atoms with Crippen molar-refractivity contribution in [2.75, 3.05) is 14.1 Å². The number of carbonyl (C=O) groups excluding carboxylic acids is 1. The first kappa shape index (κ1) is 26.9. The monoisotopic (exact) mass is 577 g/mol. The minimum atomic E-state index is -0.969. The summed E-state index contributed by atoms with van der Waals surface area (Å²) in [7, 11) is 3.48. The van der Waals surface area contributed by atoms with Crippen molar-refractivity contribution in [3.63, 3.8) is 0 Å². The van der Waals surface area contributed by atoms with E-state index < -0.39 is 5.97 Å². The van der Waals surface area contributed by atoms with Gasteiger partial charge in [-0.05, 0) is 96.1 Å². The number of carboxylic acid groups (broad SMARTS) is 1. The Labute approximate surface area is 252 Å². The number of amides is 1. The molecule has 8 bridgehead atoms. The summed E-state index contributed by atoms with van der Waals surface area (Å²) < 4.78 is 0. The van der Waals surface area contributed by atoms with Gasteiger partial charge in [-0.1, -0.05) is 24.3 Å². The van der Waals surface area contributed by atoms with Gasteiger partial charge in [0.25, 0.3) is 5.91 Å². The van der Waals surface area contributed by atoms with Crippen LogP contribution in [-0.4, -0.2) is 55.9 Å². The van der Waals surface area contributed by atoms with Crippen molar-refractivity contribution >= 4 is 58.2 Å². The van der Waals surface area contributed by atoms with Crippen molar-refractivity contribution in [3.05, 3.63) is 119 Å². The molecule has 7 rings (SSSR count). The van der Waals surface area contributed by atoms with Gasteiger partial charge < -0.3 is 20.0 Å². The topological polar surface area (TPSA) is 115 Å². The van der Waals surface area contributed by atoms with Gasteiger partial charge in [0, 0.05) is 52.9 Å². The van der Waals surface area contributed by atoms with E-state index in [9.17, 15) is 14.7 Å². The van der Waals surface area contributed by atoms with Gasteiger partial charge in [0.2, 0.25) is 0 Å². The average Bonchev–Trinajstić information content (AvgIpc) is 3.84. The zero-order valence-corrected chi connectivity index (χ0v) is 24.0. The summed E-state index contributed by atoms with van der Waals surface area (Å²) in [6.07, 6.45) is 7.91. The summed E-state index contributed by atoms with van der Waals surface area (Å²) in [4.78, 5) is 42.5. The summed E-state index contributed by atoms with van der Waals surface area (Å²) in [6.45, 7) is 0. The molecule has 3 aromatic heterocycles. The lowest BCUT2D eigenvalue weighted by atomic mass is 10.0. The van der Waals surface area contributed by atoms with Crippen molar-refractivity contribution in [2.24, 2.45) is 0 Å². The van der Waals surface area contributed by atoms with Crippen LogP contribution >= 0.6 is 0 Å². The molecule has 1 amide bonds. The molecular formula is C36H27N5O3. The smallest absolute Gasteiger partial charge is 0.335 e. The predicted molar refractivity (Wildman–Crippen MR) is 175 cm³/mol. The summed E-state index contributed by atoms with van der Waals surface area (Å²) in [5, 5.41) is 9.40. The van der Waals surface area contributed by atoms with Crippen LogP contribution in [0.3, 0.4) is 0 Å². The van der Waals surface area contributed by atoms with Crippen LogP contribution in [0.2, 0.25) is 0 Å². The maximum absolute atomic E-state index is 12.5. The summed E-state index contributed by atoms with van der Waals surface area (Å²) in [5.41, 5.74) is 11.0. The molecular weight excluding hydrogens is 550 g/mol. The maximum atomic E-state index is 12.5. The molecule has 5 heterocycles. The number of hydrogen-bond acceptors (Lipinski definition) is 4. The Bertz CT molecular complexity index is 2180. The first-order valence-electron chi connectivity index (χ1n) is 14.1. The number of carbonyl (C=O) groups is 2. The average molecular weight is 578 g/mol. The highest BCUT2D eigenvalue weighted by atomic mass is 16.4.